The Morgan fingerprint density at radius 1 is 1.03 bits per heavy atom. The van der Waals surface area contributed by atoms with Crippen molar-refractivity contribution in [2.45, 2.75) is 13.1 Å². The van der Waals surface area contributed by atoms with Gasteiger partial charge in [0.25, 0.3) is 5.69 Å². The standard InChI is InChI=1S/C19H19F3N4O4/c1-2-25(11-17(27)23-13-6-5-7-14(10-13)26(29)30)12-18(28)24-16-9-4-3-8-15(16)19(20,21)22/h3-10H,2,11-12H2,1H3,(H,23,27)(H,24,28). The molecule has 0 saturated carbocycles. The van der Waals surface area contributed by atoms with Gasteiger partial charge in [-0.05, 0) is 24.7 Å². The third-order valence-corrected chi connectivity index (χ3v) is 4.03. The van der Waals surface area contributed by atoms with E-state index in [4.69, 9.17) is 0 Å². The number of rotatable bonds is 8. The minimum absolute atomic E-state index is 0.192. The van der Waals surface area contributed by atoms with Gasteiger partial charge in [-0.25, -0.2) is 0 Å². The molecule has 0 aliphatic rings. The molecule has 0 fully saturated rings. The highest BCUT2D eigenvalue weighted by atomic mass is 19.4. The SMILES string of the molecule is CCN(CC(=O)Nc1cccc([N+](=O)[O-])c1)CC(=O)Nc1ccccc1C(F)(F)F. The molecule has 0 unspecified atom stereocenters. The van der Waals surface area contributed by atoms with E-state index < -0.39 is 28.5 Å². The largest absolute Gasteiger partial charge is 0.418 e. The van der Waals surface area contributed by atoms with Crippen molar-refractivity contribution in [1.29, 1.82) is 0 Å². The number of para-hydroxylation sites is 1. The lowest BCUT2D eigenvalue weighted by Crippen LogP contribution is -2.38. The third-order valence-electron chi connectivity index (χ3n) is 4.03. The minimum atomic E-state index is -4.62. The molecule has 0 aromatic heterocycles. The first kappa shape index (κ1) is 22.8. The van der Waals surface area contributed by atoms with Gasteiger partial charge in [0, 0.05) is 17.8 Å². The number of nitrogens with one attached hydrogen (secondary N) is 2. The fourth-order valence-electron chi connectivity index (χ4n) is 2.61. The van der Waals surface area contributed by atoms with E-state index in [9.17, 15) is 32.9 Å². The lowest BCUT2D eigenvalue weighted by Gasteiger charge is -2.20. The zero-order valence-electron chi connectivity index (χ0n) is 15.9. The summed E-state index contributed by atoms with van der Waals surface area (Å²) >= 11 is 0. The van der Waals surface area contributed by atoms with Crippen molar-refractivity contribution in [2.24, 2.45) is 0 Å². The topological polar surface area (TPSA) is 105 Å². The number of alkyl halides is 3. The summed E-state index contributed by atoms with van der Waals surface area (Å²) < 4.78 is 39.1. The lowest BCUT2D eigenvalue weighted by molar-refractivity contribution is -0.384. The van der Waals surface area contributed by atoms with Crippen LogP contribution in [0.5, 0.6) is 0 Å². The quantitative estimate of drug-likeness (QED) is 0.499. The Morgan fingerprint density at radius 3 is 2.27 bits per heavy atom. The van der Waals surface area contributed by atoms with Crippen LogP contribution in [0.25, 0.3) is 0 Å². The molecule has 0 saturated heterocycles. The summed E-state index contributed by atoms with van der Waals surface area (Å²) in [5.41, 5.74) is -1.31. The maximum Gasteiger partial charge on any atom is 0.418 e. The van der Waals surface area contributed by atoms with Gasteiger partial charge in [0.2, 0.25) is 11.8 Å². The molecule has 160 valence electrons. The van der Waals surface area contributed by atoms with Crippen LogP contribution in [0.3, 0.4) is 0 Å². The molecule has 2 rings (SSSR count). The van der Waals surface area contributed by atoms with Crippen LogP contribution in [0, 0.1) is 10.1 Å². The average molecular weight is 424 g/mol. The van der Waals surface area contributed by atoms with E-state index in [0.29, 0.717) is 0 Å². The molecular weight excluding hydrogens is 405 g/mol. The first-order valence-corrected chi connectivity index (χ1v) is 8.83. The summed E-state index contributed by atoms with van der Waals surface area (Å²) in [5.74, 6) is -1.24. The van der Waals surface area contributed by atoms with Crippen molar-refractivity contribution in [3.05, 3.63) is 64.2 Å². The number of anilines is 2. The second-order valence-corrected chi connectivity index (χ2v) is 6.25. The van der Waals surface area contributed by atoms with Crippen LogP contribution in [0.4, 0.5) is 30.2 Å². The Kier molecular flexibility index (Phi) is 7.48. The summed E-state index contributed by atoms with van der Waals surface area (Å²) in [7, 11) is 0. The summed E-state index contributed by atoms with van der Waals surface area (Å²) in [6.07, 6.45) is -4.62. The van der Waals surface area contributed by atoms with Gasteiger partial charge in [0.05, 0.1) is 29.3 Å². The molecule has 11 heteroatoms. The zero-order valence-corrected chi connectivity index (χ0v) is 15.9. The van der Waals surface area contributed by atoms with Gasteiger partial charge >= 0.3 is 6.18 Å². The molecule has 0 heterocycles. The molecule has 0 atom stereocenters. The van der Waals surface area contributed by atoms with Crippen LogP contribution in [-0.2, 0) is 15.8 Å². The van der Waals surface area contributed by atoms with E-state index in [1.807, 2.05) is 0 Å². The van der Waals surface area contributed by atoms with E-state index in [1.54, 1.807) is 6.92 Å². The van der Waals surface area contributed by atoms with Gasteiger partial charge in [0.15, 0.2) is 0 Å². The van der Waals surface area contributed by atoms with E-state index in [0.717, 1.165) is 12.1 Å². The molecule has 30 heavy (non-hydrogen) atoms. The van der Waals surface area contributed by atoms with E-state index in [1.165, 1.54) is 41.3 Å². The monoisotopic (exact) mass is 424 g/mol. The van der Waals surface area contributed by atoms with Gasteiger partial charge in [-0.3, -0.25) is 24.6 Å². The number of nitro groups is 1. The van der Waals surface area contributed by atoms with Crippen LogP contribution in [0.15, 0.2) is 48.5 Å². The Balaban J connectivity index is 1.97. The first-order chi connectivity index (χ1) is 14.1. The summed E-state index contributed by atoms with van der Waals surface area (Å²) in [4.78, 5) is 36.0. The van der Waals surface area contributed by atoms with E-state index in [-0.39, 0.29) is 36.7 Å². The van der Waals surface area contributed by atoms with Crippen molar-refractivity contribution in [3.8, 4) is 0 Å². The smallest absolute Gasteiger partial charge is 0.325 e. The van der Waals surface area contributed by atoms with Crippen molar-refractivity contribution >= 4 is 28.9 Å². The van der Waals surface area contributed by atoms with Crippen LogP contribution >= 0.6 is 0 Å². The number of amides is 2. The molecule has 2 aromatic carbocycles. The number of hydrogen-bond acceptors (Lipinski definition) is 5. The summed E-state index contributed by atoms with van der Waals surface area (Å²) in [6, 6.07) is 9.95. The molecule has 8 nitrogen and oxygen atoms in total. The maximum atomic E-state index is 13.0. The molecule has 2 amide bonds. The van der Waals surface area contributed by atoms with Crippen LogP contribution in [-0.4, -0.2) is 41.3 Å². The number of non-ortho nitro benzene ring substituents is 1. The lowest BCUT2D eigenvalue weighted by atomic mass is 10.1. The first-order valence-electron chi connectivity index (χ1n) is 8.83. The van der Waals surface area contributed by atoms with Gasteiger partial charge in [0.1, 0.15) is 0 Å². The van der Waals surface area contributed by atoms with Gasteiger partial charge in [-0.15, -0.1) is 0 Å². The zero-order chi connectivity index (χ0) is 22.3. The van der Waals surface area contributed by atoms with Gasteiger partial charge in [-0.1, -0.05) is 25.1 Å². The summed E-state index contributed by atoms with van der Waals surface area (Å²) in [5, 5.41) is 15.5. The third kappa shape index (κ3) is 6.55. The number of halogens is 3. The predicted octanol–water partition coefficient (Wildman–Crippen LogP) is 3.51. The number of hydrogen-bond donors (Lipinski definition) is 2. The van der Waals surface area contributed by atoms with Gasteiger partial charge < -0.3 is 10.6 Å². The molecular formula is C19H19F3N4O4. The number of nitrogens with zero attached hydrogens (tertiary/aromatic N) is 2. The molecule has 0 radical (unpaired) electrons. The average Bonchev–Trinajstić information content (AvgIpc) is 2.67. The number of carbonyl (C=O) groups excluding carboxylic acids is 2. The normalized spacial score (nSPS) is 11.2. The molecule has 2 aromatic rings. The minimum Gasteiger partial charge on any atom is -0.325 e. The van der Waals surface area contributed by atoms with Crippen LogP contribution in [0.2, 0.25) is 0 Å². The second kappa shape index (κ2) is 9.83. The fraction of sp³-hybridized carbons (Fsp3) is 0.263. The molecule has 0 bridgehead atoms. The second-order valence-electron chi connectivity index (χ2n) is 6.25. The van der Waals surface area contributed by atoms with Crippen LogP contribution in [0.1, 0.15) is 12.5 Å². The van der Waals surface area contributed by atoms with E-state index >= 15 is 0 Å². The molecule has 2 N–H and O–H groups in total. The Labute approximate surface area is 169 Å². The fourth-order valence-corrected chi connectivity index (χ4v) is 2.61. The molecule has 0 spiro atoms. The van der Waals surface area contributed by atoms with Crippen molar-refractivity contribution in [3.63, 3.8) is 0 Å². The Hall–Kier alpha value is -3.47. The van der Waals surface area contributed by atoms with Crippen LogP contribution < -0.4 is 10.6 Å². The van der Waals surface area contributed by atoms with Crippen molar-refractivity contribution in [1.82, 2.24) is 4.90 Å². The van der Waals surface area contributed by atoms with Crippen molar-refractivity contribution < 1.29 is 27.7 Å². The van der Waals surface area contributed by atoms with Crippen molar-refractivity contribution in [2.75, 3.05) is 30.3 Å². The molecule has 0 aliphatic carbocycles. The maximum absolute atomic E-state index is 13.0. The number of nitro benzene ring substituents is 1. The number of benzene rings is 2. The number of likely N-dealkylation sites (N-methyl/N-ethyl adjacent to an activating group) is 1. The van der Waals surface area contributed by atoms with Gasteiger partial charge in [-0.2, -0.15) is 13.2 Å². The predicted molar refractivity (Wildman–Crippen MR) is 104 cm³/mol. The Morgan fingerprint density at radius 2 is 1.67 bits per heavy atom. The highest BCUT2D eigenvalue weighted by Gasteiger charge is 2.33. The highest BCUT2D eigenvalue weighted by Crippen LogP contribution is 2.34. The highest BCUT2D eigenvalue weighted by molar-refractivity contribution is 5.95. The van der Waals surface area contributed by atoms with E-state index in [2.05, 4.69) is 10.6 Å². The number of carbonyl (C=O) groups is 2. The summed E-state index contributed by atoms with van der Waals surface area (Å²) in [6.45, 7) is 1.41. The molecule has 0 aliphatic heterocycles. The Bertz CT molecular complexity index is 934.